The molecular formula is C18H12F3N3. The molecule has 1 heterocycles. The topological polar surface area (TPSA) is 52.5 Å². The molecule has 0 bridgehead atoms. The van der Waals surface area contributed by atoms with Crippen molar-refractivity contribution in [2.24, 2.45) is 0 Å². The van der Waals surface area contributed by atoms with Crippen molar-refractivity contribution in [2.75, 3.05) is 0 Å². The molecule has 0 saturated carbocycles. The van der Waals surface area contributed by atoms with E-state index in [1.54, 1.807) is 6.07 Å². The molecule has 3 nitrogen and oxygen atoms in total. The lowest BCUT2D eigenvalue weighted by atomic mass is 10.0. The first-order chi connectivity index (χ1) is 11.5. The minimum Gasteiger partial charge on any atom is -0.343 e. The summed E-state index contributed by atoms with van der Waals surface area (Å²) in [4.78, 5) is 6.82. The number of nitriles is 1. The Morgan fingerprint density at radius 3 is 2.46 bits per heavy atom. The Kier molecular flexibility index (Phi) is 4.09. The third-order valence-corrected chi connectivity index (χ3v) is 3.65. The summed E-state index contributed by atoms with van der Waals surface area (Å²) in [7, 11) is 0. The van der Waals surface area contributed by atoms with E-state index in [1.807, 2.05) is 30.3 Å². The van der Waals surface area contributed by atoms with Crippen LogP contribution in [0.3, 0.4) is 0 Å². The number of imidazole rings is 1. The maximum atomic E-state index is 12.8. The predicted molar refractivity (Wildman–Crippen MR) is 83.0 cm³/mol. The van der Waals surface area contributed by atoms with Crippen molar-refractivity contribution in [2.45, 2.75) is 12.6 Å². The van der Waals surface area contributed by atoms with Gasteiger partial charge in [0.15, 0.2) is 5.69 Å². The average Bonchev–Trinajstić information content (AvgIpc) is 3.04. The van der Waals surface area contributed by atoms with Gasteiger partial charge in [0.05, 0.1) is 17.6 Å². The van der Waals surface area contributed by atoms with Crippen LogP contribution in [-0.4, -0.2) is 9.97 Å². The number of hydrogen-bond acceptors (Lipinski definition) is 2. The van der Waals surface area contributed by atoms with Gasteiger partial charge in [-0.15, -0.1) is 0 Å². The van der Waals surface area contributed by atoms with Gasteiger partial charge in [0.2, 0.25) is 0 Å². The number of nitrogens with zero attached hydrogens (tertiary/aromatic N) is 2. The smallest absolute Gasteiger partial charge is 0.343 e. The molecular weight excluding hydrogens is 315 g/mol. The summed E-state index contributed by atoms with van der Waals surface area (Å²) in [6.45, 7) is 0. The van der Waals surface area contributed by atoms with Crippen LogP contribution in [0.15, 0.2) is 54.9 Å². The fourth-order valence-electron chi connectivity index (χ4n) is 2.48. The fraction of sp³-hybridized carbons (Fsp3) is 0.111. The Morgan fingerprint density at radius 2 is 1.79 bits per heavy atom. The molecule has 0 spiro atoms. The number of hydrogen-bond donors (Lipinski definition) is 1. The van der Waals surface area contributed by atoms with E-state index >= 15 is 0 Å². The van der Waals surface area contributed by atoms with Crippen molar-refractivity contribution in [1.29, 1.82) is 5.26 Å². The first kappa shape index (κ1) is 15.8. The van der Waals surface area contributed by atoms with Gasteiger partial charge >= 0.3 is 6.18 Å². The van der Waals surface area contributed by atoms with Gasteiger partial charge in [0, 0.05) is 5.56 Å². The number of rotatable bonds is 3. The standard InChI is InChI=1S/C18H12F3N3/c19-18(20,21)15-3-1-2-13(9-15)8-12-4-6-14(7-5-12)17-16(10-22)23-11-24-17/h1-7,9,11H,8H2,(H,23,24). The molecule has 0 unspecified atom stereocenters. The van der Waals surface area contributed by atoms with E-state index in [0.29, 0.717) is 23.4 Å². The lowest BCUT2D eigenvalue weighted by molar-refractivity contribution is -0.137. The second-order valence-corrected chi connectivity index (χ2v) is 5.31. The van der Waals surface area contributed by atoms with E-state index < -0.39 is 11.7 Å². The zero-order valence-electron chi connectivity index (χ0n) is 12.4. The number of alkyl halides is 3. The van der Waals surface area contributed by atoms with Gasteiger partial charge in [0.25, 0.3) is 0 Å². The van der Waals surface area contributed by atoms with E-state index in [0.717, 1.165) is 23.3 Å². The minimum absolute atomic E-state index is 0.306. The van der Waals surface area contributed by atoms with Crippen molar-refractivity contribution in [3.8, 4) is 17.3 Å². The van der Waals surface area contributed by atoms with Crippen molar-refractivity contribution in [1.82, 2.24) is 9.97 Å². The monoisotopic (exact) mass is 327 g/mol. The minimum atomic E-state index is -4.34. The second-order valence-electron chi connectivity index (χ2n) is 5.31. The first-order valence-electron chi connectivity index (χ1n) is 7.16. The molecule has 1 aromatic heterocycles. The highest BCUT2D eigenvalue weighted by molar-refractivity contribution is 5.64. The molecule has 2 aromatic carbocycles. The van der Waals surface area contributed by atoms with Crippen LogP contribution in [-0.2, 0) is 12.6 Å². The second kappa shape index (κ2) is 6.20. The number of H-pyrrole nitrogens is 1. The lowest BCUT2D eigenvalue weighted by Crippen LogP contribution is -2.05. The van der Waals surface area contributed by atoms with Crippen LogP contribution in [0.5, 0.6) is 0 Å². The summed E-state index contributed by atoms with van der Waals surface area (Å²) in [6.07, 6.45) is -2.49. The highest BCUT2D eigenvalue weighted by Gasteiger charge is 2.30. The van der Waals surface area contributed by atoms with Crippen LogP contribution in [0.25, 0.3) is 11.3 Å². The van der Waals surface area contributed by atoms with Crippen LogP contribution < -0.4 is 0 Å². The zero-order valence-corrected chi connectivity index (χ0v) is 12.4. The highest BCUT2D eigenvalue weighted by atomic mass is 19.4. The van der Waals surface area contributed by atoms with Crippen LogP contribution in [0.1, 0.15) is 22.4 Å². The molecule has 0 radical (unpaired) electrons. The van der Waals surface area contributed by atoms with Gasteiger partial charge in [-0.05, 0) is 23.6 Å². The largest absolute Gasteiger partial charge is 0.416 e. The van der Waals surface area contributed by atoms with Gasteiger partial charge in [-0.3, -0.25) is 0 Å². The molecule has 24 heavy (non-hydrogen) atoms. The van der Waals surface area contributed by atoms with E-state index in [2.05, 4.69) is 9.97 Å². The normalized spacial score (nSPS) is 11.2. The van der Waals surface area contributed by atoms with Gasteiger partial charge in [0.1, 0.15) is 6.07 Å². The predicted octanol–water partition coefficient (Wildman–Crippen LogP) is 4.56. The number of nitrogens with one attached hydrogen (secondary N) is 1. The highest BCUT2D eigenvalue weighted by Crippen LogP contribution is 2.30. The molecule has 0 saturated heterocycles. The molecule has 0 aliphatic heterocycles. The van der Waals surface area contributed by atoms with Crippen LogP contribution in [0.2, 0.25) is 0 Å². The molecule has 3 rings (SSSR count). The average molecular weight is 327 g/mol. The van der Waals surface area contributed by atoms with Gasteiger partial charge in [-0.25, -0.2) is 4.98 Å². The molecule has 0 fully saturated rings. The zero-order chi connectivity index (χ0) is 17.2. The summed E-state index contributed by atoms with van der Waals surface area (Å²) in [5, 5.41) is 8.99. The number of aromatic nitrogens is 2. The van der Waals surface area contributed by atoms with Crippen molar-refractivity contribution in [3.05, 3.63) is 77.2 Å². The summed E-state index contributed by atoms with van der Waals surface area (Å²) in [5.74, 6) is 0. The Labute approximate surface area is 136 Å². The van der Waals surface area contributed by atoms with E-state index in [-0.39, 0.29) is 0 Å². The van der Waals surface area contributed by atoms with E-state index in [9.17, 15) is 13.2 Å². The van der Waals surface area contributed by atoms with Crippen molar-refractivity contribution >= 4 is 0 Å². The van der Waals surface area contributed by atoms with E-state index in [4.69, 9.17) is 5.26 Å². The summed E-state index contributed by atoms with van der Waals surface area (Å²) >= 11 is 0. The molecule has 3 aromatic rings. The Bertz CT molecular complexity index is 887. The maximum absolute atomic E-state index is 12.8. The van der Waals surface area contributed by atoms with Crippen molar-refractivity contribution < 1.29 is 13.2 Å². The van der Waals surface area contributed by atoms with Gasteiger partial charge < -0.3 is 4.98 Å². The quantitative estimate of drug-likeness (QED) is 0.767. The van der Waals surface area contributed by atoms with Crippen LogP contribution in [0, 0.1) is 11.3 Å². The van der Waals surface area contributed by atoms with E-state index in [1.165, 1.54) is 12.4 Å². The SMILES string of the molecule is N#Cc1nc[nH]c1-c1ccc(Cc2cccc(C(F)(F)F)c2)cc1. The number of halogens is 3. The van der Waals surface area contributed by atoms with Crippen molar-refractivity contribution in [3.63, 3.8) is 0 Å². The molecule has 6 heteroatoms. The summed E-state index contributed by atoms with van der Waals surface area (Å²) in [5.41, 5.74) is 2.57. The molecule has 1 N–H and O–H groups in total. The van der Waals surface area contributed by atoms with Gasteiger partial charge in [-0.2, -0.15) is 18.4 Å². The third-order valence-electron chi connectivity index (χ3n) is 3.65. The summed E-state index contributed by atoms with van der Waals surface area (Å²) < 4.78 is 38.3. The lowest BCUT2D eigenvalue weighted by Gasteiger charge is -2.09. The first-order valence-corrected chi connectivity index (χ1v) is 7.16. The molecule has 0 aliphatic rings. The Hall–Kier alpha value is -3.07. The molecule has 0 amide bonds. The Balaban J connectivity index is 1.81. The number of aromatic amines is 1. The molecule has 0 atom stereocenters. The maximum Gasteiger partial charge on any atom is 0.416 e. The number of benzene rings is 2. The molecule has 0 aliphatic carbocycles. The summed E-state index contributed by atoms with van der Waals surface area (Å²) in [6, 6.07) is 14.6. The fourth-order valence-corrected chi connectivity index (χ4v) is 2.48. The van der Waals surface area contributed by atoms with Gasteiger partial charge in [-0.1, -0.05) is 42.5 Å². The third kappa shape index (κ3) is 3.30. The Morgan fingerprint density at radius 1 is 1.04 bits per heavy atom. The molecule has 120 valence electrons. The van der Waals surface area contributed by atoms with Crippen LogP contribution in [0.4, 0.5) is 13.2 Å². The van der Waals surface area contributed by atoms with Crippen LogP contribution >= 0.6 is 0 Å².